The van der Waals surface area contributed by atoms with E-state index in [9.17, 15) is 33.9 Å². The quantitative estimate of drug-likeness (QED) is 0.129. The second-order valence-corrected chi connectivity index (χ2v) is 9.66. The van der Waals surface area contributed by atoms with Crippen molar-refractivity contribution in [2.45, 2.75) is 63.7 Å². The zero-order valence-corrected chi connectivity index (χ0v) is 21.7. The lowest BCUT2D eigenvalue weighted by atomic mass is 10.0. The Kier molecular flexibility index (Phi) is 11.0. The number of benzene rings is 1. The van der Waals surface area contributed by atoms with Crippen molar-refractivity contribution in [3.63, 3.8) is 0 Å². The molecule has 0 bridgehead atoms. The van der Waals surface area contributed by atoms with Crippen LogP contribution in [0.5, 0.6) is 0 Å². The highest BCUT2D eigenvalue weighted by atomic mass is 16.4. The first-order valence-electron chi connectivity index (χ1n) is 12.3. The van der Waals surface area contributed by atoms with Crippen molar-refractivity contribution >= 4 is 46.4 Å². The van der Waals surface area contributed by atoms with Gasteiger partial charge < -0.3 is 43.2 Å². The second kappa shape index (κ2) is 13.9. The summed E-state index contributed by atoms with van der Waals surface area (Å²) in [5.41, 5.74) is 18.1. The molecule has 1 aromatic carbocycles. The monoisotopic (exact) mass is 545 g/mol. The summed E-state index contributed by atoms with van der Waals surface area (Å²) in [4.78, 5) is 76.0. The minimum atomic E-state index is -1.68. The Balaban J connectivity index is 2.14. The molecule has 0 fully saturated rings. The first-order chi connectivity index (χ1) is 18.3. The summed E-state index contributed by atoms with van der Waals surface area (Å²) in [5.74, 6) is -6.03. The van der Waals surface area contributed by atoms with Crippen molar-refractivity contribution in [2.24, 2.45) is 23.1 Å². The summed E-state index contributed by atoms with van der Waals surface area (Å²) in [6.45, 7) is 3.63. The molecule has 39 heavy (non-hydrogen) atoms. The van der Waals surface area contributed by atoms with E-state index >= 15 is 0 Å². The van der Waals surface area contributed by atoms with Gasteiger partial charge in [-0.3, -0.25) is 24.0 Å². The molecule has 14 heteroatoms. The zero-order chi connectivity index (χ0) is 29.3. The van der Waals surface area contributed by atoms with E-state index in [0.29, 0.717) is 0 Å². The topological polar surface area (TPSA) is 253 Å². The van der Waals surface area contributed by atoms with Crippen LogP contribution in [0.2, 0.25) is 0 Å². The molecular formula is C25H35N7O7. The number of H-pyrrole nitrogens is 1. The number of nitrogens with one attached hydrogen (secondary N) is 4. The number of primary amides is 2. The van der Waals surface area contributed by atoms with Crippen LogP contribution in [0, 0.1) is 5.92 Å². The summed E-state index contributed by atoms with van der Waals surface area (Å²) in [6, 6.07) is 2.13. The van der Waals surface area contributed by atoms with Gasteiger partial charge in [0.2, 0.25) is 29.5 Å². The molecule has 1 aromatic heterocycles. The van der Waals surface area contributed by atoms with Gasteiger partial charge in [0, 0.05) is 17.1 Å². The van der Waals surface area contributed by atoms with E-state index in [2.05, 4.69) is 20.9 Å². The molecule has 1 heterocycles. The van der Waals surface area contributed by atoms with Gasteiger partial charge in [-0.25, -0.2) is 4.79 Å². The van der Waals surface area contributed by atoms with Gasteiger partial charge in [-0.1, -0.05) is 32.0 Å². The molecule has 0 saturated heterocycles. The summed E-state index contributed by atoms with van der Waals surface area (Å²) in [5, 5.41) is 17.2. The average molecular weight is 546 g/mol. The zero-order valence-electron chi connectivity index (χ0n) is 21.7. The molecular weight excluding hydrogens is 510 g/mol. The van der Waals surface area contributed by atoms with Crippen LogP contribution >= 0.6 is 0 Å². The Bertz CT molecular complexity index is 1230. The van der Waals surface area contributed by atoms with E-state index in [-0.39, 0.29) is 18.8 Å². The highest BCUT2D eigenvalue weighted by Crippen LogP contribution is 2.19. The van der Waals surface area contributed by atoms with E-state index in [4.69, 9.17) is 17.2 Å². The van der Waals surface area contributed by atoms with E-state index in [0.717, 1.165) is 16.5 Å². The van der Waals surface area contributed by atoms with Crippen LogP contribution in [0.1, 0.15) is 38.7 Å². The predicted molar refractivity (Wildman–Crippen MR) is 140 cm³/mol. The number of fused-ring (bicyclic) bond motifs is 1. The fraction of sp³-hybridized carbons (Fsp3) is 0.440. The SMILES string of the molecule is CC(C)CC(NC(=O)C(N)Cc1c[nH]c2ccccc12)C(=O)NC(CC(N)=O)C(=O)NC(CC(N)=O)C(=O)O. The maximum absolute atomic E-state index is 13.1. The smallest absolute Gasteiger partial charge is 0.326 e. The molecule has 4 atom stereocenters. The minimum absolute atomic E-state index is 0.0683. The minimum Gasteiger partial charge on any atom is -0.480 e. The number of aromatic amines is 1. The number of hydrogen-bond acceptors (Lipinski definition) is 7. The molecule has 0 radical (unpaired) electrons. The molecule has 0 aliphatic rings. The third-order valence-electron chi connectivity index (χ3n) is 5.85. The number of carboxylic acids is 1. The van der Waals surface area contributed by atoms with E-state index in [1.807, 2.05) is 38.1 Å². The van der Waals surface area contributed by atoms with E-state index < -0.39 is 72.5 Å². The Labute approximate surface area is 224 Å². The van der Waals surface area contributed by atoms with Gasteiger partial charge in [-0.2, -0.15) is 0 Å². The molecule has 11 N–H and O–H groups in total. The van der Waals surface area contributed by atoms with Gasteiger partial charge in [-0.15, -0.1) is 0 Å². The molecule has 0 spiro atoms. The molecule has 212 valence electrons. The van der Waals surface area contributed by atoms with Crippen LogP contribution in [0.4, 0.5) is 0 Å². The van der Waals surface area contributed by atoms with Gasteiger partial charge in [0.05, 0.1) is 18.9 Å². The number of nitrogens with two attached hydrogens (primary N) is 3. The first kappa shape index (κ1) is 30.8. The molecule has 5 amide bonds. The lowest BCUT2D eigenvalue weighted by Gasteiger charge is -2.25. The fourth-order valence-corrected chi connectivity index (χ4v) is 3.97. The van der Waals surface area contributed by atoms with Gasteiger partial charge in [0.15, 0.2) is 0 Å². The first-order valence-corrected chi connectivity index (χ1v) is 12.3. The van der Waals surface area contributed by atoms with Crippen molar-refractivity contribution in [1.82, 2.24) is 20.9 Å². The van der Waals surface area contributed by atoms with Crippen LogP contribution in [0.15, 0.2) is 30.5 Å². The number of carbonyl (C=O) groups excluding carboxylic acids is 5. The number of para-hydroxylation sites is 1. The van der Waals surface area contributed by atoms with Crippen LogP contribution in [0.3, 0.4) is 0 Å². The lowest BCUT2D eigenvalue weighted by Crippen LogP contribution is -2.58. The van der Waals surface area contributed by atoms with Crippen molar-refractivity contribution in [3.05, 3.63) is 36.0 Å². The largest absolute Gasteiger partial charge is 0.480 e. The molecule has 0 aliphatic heterocycles. The molecule has 4 unspecified atom stereocenters. The number of aromatic nitrogens is 1. The Morgan fingerprint density at radius 1 is 0.846 bits per heavy atom. The van der Waals surface area contributed by atoms with Gasteiger partial charge >= 0.3 is 5.97 Å². The Hall–Kier alpha value is -4.46. The van der Waals surface area contributed by atoms with Crippen LogP contribution in [-0.2, 0) is 35.2 Å². The van der Waals surface area contributed by atoms with Crippen molar-refractivity contribution in [2.75, 3.05) is 0 Å². The number of hydrogen-bond donors (Lipinski definition) is 8. The number of rotatable bonds is 15. The maximum Gasteiger partial charge on any atom is 0.326 e. The molecule has 2 rings (SSSR count). The highest BCUT2D eigenvalue weighted by Gasteiger charge is 2.32. The summed E-state index contributed by atoms with van der Waals surface area (Å²) in [7, 11) is 0. The van der Waals surface area contributed by atoms with Gasteiger partial charge in [0.25, 0.3) is 0 Å². The van der Waals surface area contributed by atoms with Gasteiger partial charge in [-0.05, 0) is 30.4 Å². The van der Waals surface area contributed by atoms with E-state index in [1.54, 1.807) is 6.20 Å². The summed E-state index contributed by atoms with van der Waals surface area (Å²) < 4.78 is 0. The number of amides is 5. The highest BCUT2D eigenvalue weighted by molar-refractivity contribution is 5.97. The maximum atomic E-state index is 13.1. The third-order valence-corrected chi connectivity index (χ3v) is 5.85. The second-order valence-electron chi connectivity index (χ2n) is 9.66. The predicted octanol–water partition coefficient (Wildman–Crippen LogP) is -1.63. The lowest BCUT2D eigenvalue weighted by molar-refractivity contribution is -0.144. The van der Waals surface area contributed by atoms with Crippen molar-refractivity contribution in [1.29, 1.82) is 0 Å². The molecule has 0 aliphatic carbocycles. The summed E-state index contributed by atoms with van der Waals surface area (Å²) in [6.07, 6.45) is 0.740. The third kappa shape index (κ3) is 9.41. The Morgan fingerprint density at radius 2 is 1.38 bits per heavy atom. The molecule has 0 saturated carbocycles. The standard InChI is InChI=1S/C25H35N7O7/c1-12(2)7-17(30-22(35)15(26)8-13-11-29-16-6-4-3-5-14(13)16)23(36)31-18(9-20(27)33)24(37)32-19(25(38)39)10-21(28)34/h3-6,11-12,15,17-19,29H,7-10,26H2,1-2H3,(H2,27,33)(H2,28,34)(H,30,35)(H,31,36)(H,32,37)(H,38,39). The summed E-state index contributed by atoms with van der Waals surface area (Å²) >= 11 is 0. The Morgan fingerprint density at radius 3 is 1.97 bits per heavy atom. The normalized spacial score (nSPS) is 14.2. The molecule has 14 nitrogen and oxygen atoms in total. The average Bonchev–Trinajstić information content (AvgIpc) is 3.24. The van der Waals surface area contributed by atoms with Crippen molar-refractivity contribution in [3.8, 4) is 0 Å². The van der Waals surface area contributed by atoms with Crippen LogP contribution < -0.4 is 33.2 Å². The van der Waals surface area contributed by atoms with E-state index in [1.165, 1.54) is 0 Å². The number of carboxylic acid groups (broad SMARTS) is 1. The van der Waals surface area contributed by atoms with Crippen LogP contribution in [-0.4, -0.2) is 69.8 Å². The van der Waals surface area contributed by atoms with Crippen molar-refractivity contribution < 1.29 is 33.9 Å². The number of carbonyl (C=O) groups is 6. The van der Waals surface area contributed by atoms with Gasteiger partial charge in [0.1, 0.15) is 18.1 Å². The number of aliphatic carboxylic acids is 1. The fourth-order valence-electron chi connectivity index (χ4n) is 3.97. The van der Waals surface area contributed by atoms with Crippen LogP contribution in [0.25, 0.3) is 10.9 Å². The molecule has 2 aromatic rings.